The number of benzene rings is 3. The summed E-state index contributed by atoms with van der Waals surface area (Å²) >= 11 is 0. The van der Waals surface area contributed by atoms with Crippen LogP contribution in [0.2, 0.25) is 0 Å². The Labute approximate surface area is 150 Å². The molecule has 1 aliphatic rings. The molecule has 0 saturated carbocycles. The van der Waals surface area contributed by atoms with Crippen molar-refractivity contribution in [1.29, 1.82) is 0 Å². The second-order valence-electron chi connectivity index (χ2n) is 8.03. The molecule has 4 rings (SSSR count). The molecular weight excluding hydrogens is 302 g/mol. The molecule has 1 N–H and O–H groups in total. The van der Waals surface area contributed by atoms with E-state index in [4.69, 9.17) is 0 Å². The molecule has 0 fully saturated rings. The second kappa shape index (κ2) is 5.77. The van der Waals surface area contributed by atoms with Gasteiger partial charge < -0.3 is 5.32 Å². The Kier molecular flexibility index (Phi) is 3.68. The number of aryl methyl sites for hydroxylation is 1. The van der Waals surface area contributed by atoms with E-state index in [1.165, 1.54) is 44.8 Å². The van der Waals surface area contributed by atoms with E-state index in [-0.39, 0.29) is 5.41 Å². The lowest BCUT2D eigenvalue weighted by Crippen LogP contribution is -2.13. The Hall–Kier alpha value is -2.54. The van der Waals surface area contributed by atoms with Crippen LogP contribution in [0, 0.1) is 6.92 Å². The zero-order chi connectivity index (χ0) is 17.6. The third-order valence-corrected chi connectivity index (χ3v) is 5.22. The van der Waals surface area contributed by atoms with Crippen LogP contribution >= 0.6 is 0 Å². The fourth-order valence-electron chi connectivity index (χ4n) is 3.91. The molecule has 0 saturated heterocycles. The third-order valence-electron chi connectivity index (χ3n) is 5.22. The Morgan fingerprint density at radius 3 is 2.08 bits per heavy atom. The molecule has 3 aromatic rings. The maximum atomic E-state index is 3.67. The van der Waals surface area contributed by atoms with Gasteiger partial charge in [-0.1, -0.05) is 69.3 Å². The zero-order valence-electron chi connectivity index (χ0n) is 15.5. The first-order chi connectivity index (χ1) is 11.9. The number of nitrogens with one attached hydrogen (secondary N) is 1. The van der Waals surface area contributed by atoms with Gasteiger partial charge in [0.05, 0.1) is 0 Å². The molecule has 0 bridgehead atoms. The monoisotopic (exact) mass is 327 g/mol. The third kappa shape index (κ3) is 2.74. The molecule has 0 aromatic heterocycles. The Morgan fingerprint density at radius 1 is 0.720 bits per heavy atom. The topological polar surface area (TPSA) is 12.0 Å². The van der Waals surface area contributed by atoms with E-state index in [0.29, 0.717) is 0 Å². The van der Waals surface area contributed by atoms with Gasteiger partial charge in [-0.25, -0.2) is 0 Å². The average molecular weight is 327 g/mol. The number of hydrogen-bond acceptors (Lipinski definition) is 1. The van der Waals surface area contributed by atoms with Crippen LogP contribution in [0.25, 0.3) is 11.1 Å². The molecule has 1 heteroatoms. The van der Waals surface area contributed by atoms with E-state index in [2.05, 4.69) is 93.7 Å². The van der Waals surface area contributed by atoms with Crippen molar-refractivity contribution in [2.75, 3.05) is 5.32 Å². The molecule has 0 aliphatic heterocycles. The summed E-state index contributed by atoms with van der Waals surface area (Å²) in [5.41, 5.74) is 11.0. The molecule has 3 aromatic carbocycles. The van der Waals surface area contributed by atoms with Gasteiger partial charge in [0.15, 0.2) is 0 Å². The summed E-state index contributed by atoms with van der Waals surface area (Å²) in [6.45, 7) is 9.06. The highest BCUT2D eigenvalue weighted by Crippen LogP contribution is 2.44. The van der Waals surface area contributed by atoms with Crippen molar-refractivity contribution in [3.8, 4) is 11.1 Å². The van der Waals surface area contributed by atoms with Crippen molar-refractivity contribution in [1.82, 2.24) is 0 Å². The van der Waals surface area contributed by atoms with Gasteiger partial charge in [0.2, 0.25) is 0 Å². The van der Waals surface area contributed by atoms with E-state index in [9.17, 15) is 0 Å². The summed E-state index contributed by atoms with van der Waals surface area (Å²) in [7, 11) is 0. The summed E-state index contributed by atoms with van der Waals surface area (Å²) in [6, 6.07) is 21.9. The lowest BCUT2D eigenvalue weighted by Gasteiger charge is -2.22. The maximum Gasteiger partial charge on any atom is 0.0426 e. The lowest BCUT2D eigenvalue weighted by molar-refractivity contribution is 0.585. The van der Waals surface area contributed by atoms with E-state index in [1.54, 1.807) is 0 Å². The number of fused-ring (bicyclic) bond motifs is 3. The molecule has 0 atom stereocenters. The van der Waals surface area contributed by atoms with Gasteiger partial charge in [0.25, 0.3) is 0 Å². The van der Waals surface area contributed by atoms with Gasteiger partial charge in [0.1, 0.15) is 0 Å². The van der Waals surface area contributed by atoms with Crippen LogP contribution in [-0.2, 0) is 11.8 Å². The van der Waals surface area contributed by atoms with Gasteiger partial charge in [-0.2, -0.15) is 0 Å². The van der Waals surface area contributed by atoms with Crippen LogP contribution in [0.15, 0.2) is 60.7 Å². The minimum atomic E-state index is 0.164. The number of hydrogen-bond donors (Lipinski definition) is 1. The van der Waals surface area contributed by atoms with E-state index in [1.807, 2.05) is 0 Å². The van der Waals surface area contributed by atoms with Crippen molar-refractivity contribution in [2.45, 2.75) is 39.5 Å². The fraction of sp³-hybridized carbons (Fsp3) is 0.250. The van der Waals surface area contributed by atoms with Crippen LogP contribution in [0.1, 0.15) is 43.0 Å². The van der Waals surface area contributed by atoms with Gasteiger partial charge in [0, 0.05) is 17.8 Å². The van der Waals surface area contributed by atoms with Crippen molar-refractivity contribution in [2.24, 2.45) is 0 Å². The Bertz CT molecular complexity index is 945. The van der Waals surface area contributed by atoms with Crippen LogP contribution in [0.4, 0.5) is 11.4 Å². The summed E-state index contributed by atoms with van der Waals surface area (Å²) in [6.07, 6.45) is 1.01. The maximum absolute atomic E-state index is 3.67. The predicted molar refractivity (Wildman–Crippen MR) is 108 cm³/mol. The largest absolute Gasteiger partial charge is 0.355 e. The molecule has 0 radical (unpaired) electrons. The molecular formula is C24H25N. The number of rotatable bonds is 2. The van der Waals surface area contributed by atoms with Crippen molar-refractivity contribution >= 4 is 11.4 Å². The van der Waals surface area contributed by atoms with Crippen molar-refractivity contribution in [3.63, 3.8) is 0 Å². The number of para-hydroxylation sites is 1. The highest BCUT2D eigenvalue weighted by atomic mass is 14.9. The molecule has 25 heavy (non-hydrogen) atoms. The predicted octanol–water partition coefficient (Wildman–Crippen LogP) is 6.61. The summed E-state index contributed by atoms with van der Waals surface area (Å²) in [5.74, 6) is 0. The normalized spacial score (nSPS) is 12.6. The Morgan fingerprint density at radius 2 is 1.36 bits per heavy atom. The number of anilines is 2. The summed E-state index contributed by atoms with van der Waals surface area (Å²) in [5, 5.41) is 3.67. The molecule has 1 aliphatic carbocycles. The minimum absolute atomic E-state index is 0.164. The first-order valence-corrected chi connectivity index (χ1v) is 9.02. The summed E-state index contributed by atoms with van der Waals surface area (Å²) < 4.78 is 0. The first kappa shape index (κ1) is 16.0. The van der Waals surface area contributed by atoms with Crippen LogP contribution in [-0.4, -0.2) is 0 Å². The van der Waals surface area contributed by atoms with Crippen LogP contribution < -0.4 is 5.32 Å². The van der Waals surface area contributed by atoms with Crippen LogP contribution in [0.3, 0.4) is 0 Å². The van der Waals surface area contributed by atoms with Crippen molar-refractivity contribution < 1.29 is 0 Å². The smallest absolute Gasteiger partial charge is 0.0426 e. The molecule has 0 amide bonds. The van der Waals surface area contributed by atoms with Crippen LogP contribution in [0.5, 0.6) is 0 Å². The molecule has 0 spiro atoms. The average Bonchev–Trinajstić information content (AvgIpc) is 2.96. The molecule has 1 nitrogen and oxygen atoms in total. The molecule has 0 unspecified atom stereocenters. The Balaban J connectivity index is 1.80. The van der Waals surface area contributed by atoms with Gasteiger partial charge >= 0.3 is 0 Å². The standard InChI is InChI=1S/C24H25N/c1-16-9-5-6-13-22(16)25-23-14-8-11-18-17-10-7-12-21(24(2,3)4)19(17)15-20(18)23/h5-14,25H,15H2,1-4H3. The second-order valence-corrected chi connectivity index (χ2v) is 8.03. The highest BCUT2D eigenvalue weighted by molar-refractivity contribution is 5.84. The lowest BCUT2D eigenvalue weighted by atomic mass is 9.82. The highest BCUT2D eigenvalue weighted by Gasteiger charge is 2.27. The van der Waals surface area contributed by atoms with E-state index >= 15 is 0 Å². The minimum Gasteiger partial charge on any atom is -0.355 e. The summed E-state index contributed by atoms with van der Waals surface area (Å²) in [4.78, 5) is 0. The quantitative estimate of drug-likeness (QED) is 0.437. The van der Waals surface area contributed by atoms with Gasteiger partial charge in [-0.05, 0) is 57.9 Å². The molecule has 0 heterocycles. The van der Waals surface area contributed by atoms with Gasteiger partial charge in [-0.15, -0.1) is 0 Å². The molecule has 126 valence electrons. The van der Waals surface area contributed by atoms with Gasteiger partial charge in [-0.3, -0.25) is 0 Å². The zero-order valence-corrected chi connectivity index (χ0v) is 15.5. The van der Waals surface area contributed by atoms with E-state index < -0.39 is 0 Å². The van der Waals surface area contributed by atoms with E-state index in [0.717, 1.165) is 6.42 Å². The fourth-order valence-corrected chi connectivity index (χ4v) is 3.91. The van der Waals surface area contributed by atoms with Crippen molar-refractivity contribution in [3.05, 3.63) is 82.9 Å². The first-order valence-electron chi connectivity index (χ1n) is 9.02. The SMILES string of the molecule is Cc1ccccc1Nc1cccc2c1Cc1c-2cccc1C(C)(C)C.